The number of rotatable bonds is 3. The Balaban J connectivity index is 1.96. The number of nitrogens with one attached hydrogen (secondary N) is 2. The summed E-state index contributed by atoms with van der Waals surface area (Å²) in [5.41, 5.74) is 1.67. The van der Waals surface area contributed by atoms with Crippen LogP contribution in [0.2, 0.25) is 0 Å². The number of methoxy groups -OCH3 is 1. The van der Waals surface area contributed by atoms with Gasteiger partial charge in [-0.15, -0.1) is 0 Å². The highest BCUT2D eigenvalue weighted by atomic mass is 16.5. The van der Waals surface area contributed by atoms with Crippen LogP contribution in [0.3, 0.4) is 0 Å². The average Bonchev–Trinajstić information content (AvgIpc) is 2.56. The van der Waals surface area contributed by atoms with Gasteiger partial charge < -0.3 is 15.4 Å². The fourth-order valence-corrected chi connectivity index (χ4v) is 1.71. The zero-order chi connectivity index (χ0) is 16.8. The Bertz CT molecular complexity index is 724. The van der Waals surface area contributed by atoms with Gasteiger partial charge in [0.1, 0.15) is 5.82 Å². The third kappa shape index (κ3) is 4.37. The SMILES string of the molecule is COC(=O)c1ccc(NC(=O)C(=O)Nc2ccc(C)cn2)cc1. The topological polar surface area (TPSA) is 97.4 Å². The summed E-state index contributed by atoms with van der Waals surface area (Å²) in [6.45, 7) is 1.86. The van der Waals surface area contributed by atoms with E-state index < -0.39 is 17.8 Å². The number of anilines is 2. The van der Waals surface area contributed by atoms with E-state index in [-0.39, 0.29) is 5.82 Å². The zero-order valence-electron chi connectivity index (χ0n) is 12.6. The highest BCUT2D eigenvalue weighted by Gasteiger charge is 2.15. The van der Waals surface area contributed by atoms with Crippen molar-refractivity contribution in [1.29, 1.82) is 0 Å². The predicted molar refractivity (Wildman–Crippen MR) is 84.0 cm³/mol. The van der Waals surface area contributed by atoms with Crippen LogP contribution in [-0.4, -0.2) is 29.9 Å². The van der Waals surface area contributed by atoms with Crippen LogP contribution < -0.4 is 10.6 Å². The number of esters is 1. The summed E-state index contributed by atoms with van der Waals surface area (Å²) in [5, 5.41) is 4.82. The first-order valence-electron chi connectivity index (χ1n) is 6.73. The molecule has 1 aromatic carbocycles. The number of ether oxygens (including phenoxy) is 1. The minimum absolute atomic E-state index is 0.289. The van der Waals surface area contributed by atoms with Crippen molar-refractivity contribution in [3.8, 4) is 0 Å². The fraction of sp³-hybridized carbons (Fsp3) is 0.125. The Labute approximate surface area is 132 Å². The zero-order valence-corrected chi connectivity index (χ0v) is 12.6. The molecule has 0 saturated carbocycles. The van der Waals surface area contributed by atoms with E-state index in [9.17, 15) is 14.4 Å². The van der Waals surface area contributed by atoms with Crippen molar-refractivity contribution in [2.75, 3.05) is 17.7 Å². The lowest BCUT2D eigenvalue weighted by Crippen LogP contribution is -2.29. The molecule has 118 valence electrons. The standard InChI is InChI=1S/C16H15N3O4/c1-10-3-8-13(17-9-10)19-15(21)14(20)18-12-6-4-11(5-7-12)16(22)23-2/h3-9H,1-2H3,(H,18,20)(H,17,19,21). The van der Waals surface area contributed by atoms with Gasteiger partial charge in [0.05, 0.1) is 12.7 Å². The molecule has 0 atom stereocenters. The lowest BCUT2D eigenvalue weighted by Gasteiger charge is -2.07. The molecule has 0 fully saturated rings. The lowest BCUT2D eigenvalue weighted by molar-refractivity contribution is -0.133. The van der Waals surface area contributed by atoms with Crippen molar-refractivity contribution in [2.45, 2.75) is 6.92 Å². The Kier molecular flexibility index (Phi) is 5.03. The molecule has 2 N–H and O–H groups in total. The summed E-state index contributed by atoms with van der Waals surface area (Å²) in [4.78, 5) is 38.9. The number of nitrogens with zero attached hydrogens (tertiary/aromatic N) is 1. The van der Waals surface area contributed by atoms with Crippen LogP contribution in [0.25, 0.3) is 0 Å². The van der Waals surface area contributed by atoms with Gasteiger partial charge in [-0.2, -0.15) is 0 Å². The molecule has 0 unspecified atom stereocenters. The number of carbonyl (C=O) groups is 3. The lowest BCUT2D eigenvalue weighted by atomic mass is 10.2. The van der Waals surface area contributed by atoms with E-state index >= 15 is 0 Å². The van der Waals surface area contributed by atoms with Crippen molar-refractivity contribution in [2.24, 2.45) is 0 Å². The number of aromatic nitrogens is 1. The van der Waals surface area contributed by atoms with E-state index in [4.69, 9.17) is 0 Å². The second kappa shape index (κ2) is 7.17. The second-order valence-electron chi connectivity index (χ2n) is 4.70. The van der Waals surface area contributed by atoms with Crippen molar-refractivity contribution >= 4 is 29.3 Å². The van der Waals surface area contributed by atoms with E-state index in [1.165, 1.54) is 31.4 Å². The maximum atomic E-state index is 11.8. The number of carbonyl (C=O) groups excluding carboxylic acids is 3. The van der Waals surface area contributed by atoms with E-state index in [0.717, 1.165) is 5.56 Å². The van der Waals surface area contributed by atoms with Gasteiger partial charge in [-0.25, -0.2) is 9.78 Å². The first-order chi connectivity index (χ1) is 11.0. The molecule has 2 amide bonds. The first kappa shape index (κ1) is 16.2. The van der Waals surface area contributed by atoms with Crippen LogP contribution in [-0.2, 0) is 14.3 Å². The number of aryl methyl sites for hydroxylation is 1. The van der Waals surface area contributed by atoms with Gasteiger partial charge in [0.15, 0.2) is 0 Å². The molecular weight excluding hydrogens is 298 g/mol. The van der Waals surface area contributed by atoms with Gasteiger partial charge >= 0.3 is 17.8 Å². The van der Waals surface area contributed by atoms with Gasteiger partial charge in [-0.3, -0.25) is 9.59 Å². The summed E-state index contributed by atoms with van der Waals surface area (Å²) in [6, 6.07) is 9.35. The summed E-state index contributed by atoms with van der Waals surface area (Å²) in [6.07, 6.45) is 1.58. The molecule has 2 aromatic rings. The summed E-state index contributed by atoms with van der Waals surface area (Å²) in [7, 11) is 1.28. The van der Waals surface area contributed by atoms with Gasteiger partial charge in [0.2, 0.25) is 0 Å². The molecule has 2 rings (SSSR count). The molecule has 0 aliphatic carbocycles. The Morgan fingerprint density at radius 1 is 0.957 bits per heavy atom. The molecule has 23 heavy (non-hydrogen) atoms. The van der Waals surface area contributed by atoms with Crippen molar-refractivity contribution in [3.05, 3.63) is 53.7 Å². The molecule has 1 aromatic heterocycles. The van der Waals surface area contributed by atoms with Gasteiger partial charge in [0, 0.05) is 11.9 Å². The van der Waals surface area contributed by atoms with Gasteiger partial charge in [-0.1, -0.05) is 6.07 Å². The molecule has 0 aliphatic heterocycles. The van der Waals surface area contributed by atoms with Crippen molar-refractivity contribution in [3.63, 3.8) is 0 Å². The largest absolute Gasteiger partial charge is 0.465 e. The highest BCUT2D eigenvalue weighted by Crippen LogP contribution is 2.11. The van der Waals surface area contributed by atoms with Crippen LogP contribution in [0.1, 0.15) is 15.9 Å². The maximum Gasteiger partial charge on any atom is 0.337 e. The number of pyridine rings is 1. The number of hydrogen-bond donors (Lipinski definition) is 2. The van der Waals surface area contributed by atoms with E-state index in [1.54, 1.807) is 18.3 Å². The van der Waals surface area contributed by atoms with Crippen LogP contribution in [0, 0.1) is 6.92 Å². The molecule has 0 bridgehead atoms. The summed E-state index contributed by atoms with van der Waals surface area (Å²) in [5.74, 6) is -1.86. The normalized spacial score (nSPS) is 9.83. The van der Waals surface area contributed by atoms with Crippen molar-refractivity contribution < 1.29 is 19.1 Å². The molecule has 7 heteroatoms. The van der Waals surface area contributed by atoms with Gasteiger partial charge in [0.25, 0.3) is 0 Å². The number of benzene rings is 1. The number of hydrogen-bond acceptors (Lipinski definition) is 5. The average molecular weight is 313 g/mol. The minimum Gasteiger partial charge on any atom is -0.465 e. The summed E-state index contributed by atoms with van der Waals surface area (Å²) < 4.78 is 4.57. The van der Waals surface area contributed by atoms with Crippen LogP contribution >= 0.6 is 0 Å². The van der Waals surface area contributed by atoms with Crippen molar-refractivity contribution in [1.82, 2.24) is 4.98 Å². The van der Waals surface area contributed by atoms with Crippen LogP contribution in [0.4, 0.5) is 11.5 Å². The molecule has 1 heterocycles. The van der Waals surface area contributed by atoms with Gasteiger partial charge in [-0.05, 0) is 42.8 Å². The molecule has 0 radical (unpaired) electrons. The Hall–Kier alpha value is -3.22. The quantitative estimate of drug-likeness (QED) is 0.664. The van der Waals surface area contributed by atoms with E-state index in [0.29, 0.717) is 11.3 Å². The predicted octanol–water partition coefficient (Wildman–Crippen LogP) is 1.75. The minimum atomic E-state index is -0.835. The third-order valence-electron chi connectivity index (χ3n) is 2.92. The third-order valence-corrected chi connectivity index (χ3v) is 2.92. The molecule has 0 aliphatic rings. The van der Waals surface area contributed by atoms with E-state index in [2.05, 4.69) is 20.4 Å². The van der Waals surface area contributed by atoms with Crippen LogP contribution in [0.5, 0.6) is 0 Å². The molecular formula is C16H15N3O4. The van der Waals surface area contributed by atoms with Crippen LogP contribution in [0.15, 0.2) is 42.6 Å². The van der Waals surface area contributed by atoms with E-state index in [1.807, 2.05) is 6.92 Å². The molecule has 0 saturated heterocycles. The smallest absolute Gasteiger partial charge is 0.337 e. The highest BCUT2D eigenvalue weighted by molar-refractivity contribution is 6.43. The molecule has 7 nitrogen and oxygen atoms in total. The first-order valence-corrected chi connectivity index (χ1v) is 6.73. The fourth-order valence-electron chi connectivity index (χ4n) is 1.71. The summed E-state index contributed by atoms with van der Waals surface area (Å²) >= 11 is 0. The molecule has 0 spiro atoms. The second-order valence-corrected chi connectivity index (χ2v) is 4.70. The number of amides is 2. The monoisotopic (exact) mass is 313 g/mol. The maximum absolute atomic E-state index is 11.8. The Morgan fingerprint density at radius 2 is 1.61 bits per heavy atom. The Morgan fingerprint density at radius 3 is 2.17 bits per heavy atom.